The van der Waals surface area contributed by atoms with Crippen molar-refractivity contribution in [3.8, 4) is 0 Å². The van der Waals surface area contributed by atoms with Crippen molar-refractivity contribution in [1.82, 2.24) is 0 Å². The van der Waals surface area contributed by atoms with E-state index in [9.17, 15) is 5.11 Å². The molecular weight excluding hydrogens is 240 g/mol. The third-order valence-corrected chi connectivity index (χ3v) is 6.83. The highest BCUT2D eigenvalue weighted by Crippen LogP contribution is 2.18. The molecule has 1 N–H and O–H groups in total. The molecular formula is C15H22O2Si. The van der Waals surface area contributed by atoms with Gasteiger partial charge in [0.15, 0.2) is 0 Å². The lowest BCUT2D eigenvalue weighted by molar-refractivity contribution is 0.135. The van der Waals surface area contributed by atoms with Crippen LogP contribution in [0.2, 0.25) is 19.1 Å². The van der Waals surface area contributed by atoms with Crippen LogP contribution in [-0.4, -0.2) is 32.0 Å². The van der Waals surface area contributed by atoms with Crippen LogP contribution >= 0.6 is 0 Å². The molecule has 2 atom stereocenters. The quantitative estimate of drug-likeness (QED) is 0.484. The van der Waals surface area contributed by atoms with E-state index in [2.05, 4.69) is 43.9 Å². The van der Waals surface area contributed by atoms with Gasteiger partial charge >= 0.3 is 0 Å². The first-order chi connectivity index (χ1) is 8.53. The number of rotatable bonds is 6. The Morgan fingerprint density at radius 3 is 2.56 bits per heavy atom. The maximum atomic E-state index is 9.83. The molecule has 18 heavy (non-hydrogen) atoms. The number of epoxide rings is 1. The lowest BCUT2D eigenvalue weighted by atomic mass is 10.1. The summed E-state index contributed by atoms with van der Waals surface area (Å²) >= 11 is 0. The second-order valence-electron chi connectivity index (χ2n) is 5.72. The third-order valence-electron chi connectivity index (χ3n) is 3.62. The molecule has 0 amide bonds. The molecule has 98 valence electrons. The number of aliphatic hydroxyl groups excluding tert-OH is 1. The van der Waals surface area contributed by atoms with Crippen molar-refractivity contribution in [3.05, 3.63) is 42.5 Å². The van der Waals surface area contributed by atoms with Crippen LogP contribution in [0.3, 0.4) is 0 Å². The monoisotopic (exact) mass is 262 g/mol. The second kappa shape index (κ2) is 5.39. The molecule has 1 saturated heterocycles. The topological polar surface area (TPSA) is 32.8 Å². The first-order valence-electron chi connectivity index (χ1n) is 6.53. The lowest BCUT2D eigenvalue weighted by Crippen LogP contribution is -2.40. The largest absolute Gasteiger partial charge is 0.390 e. The first kappa shape index (κ1) is 13.5. The summed E-state index contributed by atoms with van der Waals surface area (Å²) in [6, 6.07) is 9.81. The fourth-order valence-electron chi connectivity index (χ4n) is 2.22. The Kier molecular flexibility index (Phi) is 4.05. The van der Waals surface area contributed by atoms with Crippen molar-refractivity contribution < 1.29 is 9.84 Å². The molecule has 1 aromatic rings. The maximum Gasteiger partial charge on any atom is 0.107 e. The van der Waals surface area contributed by atoms with E-state index in [4.69, 9.17) is 4.74 Å². The highest BCUT2D eigenvalue weighted by molar-refractivity contribution is 6.90. The van der Waals surface area contributed by atoms with E-state index in [1.807, 2.05) is 6.08 Å². The molecule has 0 aromatic heterocycles. The van der Waals surface area contributed by atoms with Gasteiger partial charge in [0.1, 0.15) is 6.10 Å². The molecule has 1 heterocycles. The van der Waals surface area contributed by atoms with Gasteiger partial charge in [0.05, 0.1) is 20.8 Å². The second-order valence-corrected chi connectivity index (χ2v) is 10.5. The van der Waals surface area contributed by atoms with E-state index in [0.717, 1.165) is 6.04 Å². The van der Waals surface area contributed by atoms with E-state index in [1.165, 1.54) is 10.8 Å². The summed E-state index contributed by atoms with van der Waals surface area (Å²) in [5, 5.41) is 11.3. The smallest absolute Gasteiger partial charge is 0.107 e. The molecule has 0 saturated carbocycles. The zero-order chi connectivity index (χ0) is 13.2. The predicted molar refractivity (Wildman–Crippen MR) is 78.0 cm³/mol. The Morgan fingerprint density at radius 1 is 1.44 bits per heavy atom. The molecule has 1 aromatic carbocycles. The van der Waals surface area contributed by atoms with Gasteiger partial charge in [-0.3, -0.25) is 0 Å². The molecule has 2 nitrogen and oxygen atoms in total. The van der Waals surface area contributed by atoms with E-state index in [-0.39, 0.29) is 12.2 Å². The van der Waals surface area contributed by atoms with Crippen LogP contribution < -0.4 is 5.19 Å². The zero-order valence-electron chi connectivity index (χ0n) is 11.2. The molecule has 0 spiro atoms. The van der Waals surface area contributed by atoms with Gasteiger partial charge in [-0.2, -0.15) is 0 Å². The number of ether oxygens (including phenoxy) is 1. The summed E-state index contributed by atoms with van der Waals surface area (Å²) in [6.45, 7) is 9.26. The molecule has 1 aliphatic rings. The molecule has 3 heteroatoms. The van der Waals surface area contributed by atoms with E-state index < -0.39 is 8.07 Å². The van der Waals surface area contributed by atoms with Crippen LogP contribution in [0.5, 0.6) is 0 Å². The van der Waals surface area contributed by atoms with Gasteiger partial charge in [-0.15, -0.1) is 6.58 Å². The van der Waals surface area contributed by atoms with E-state index in [0.29, 0.717) is 13.0 Å². The Morgan fingerprint density at radius 2 is 2.06 bits per heavy atom. The van der Waals surface area contributed by atoms with E-state index >= 15 is 0 Å². The number of hydrogen-bond donors (Lipinski definition) is 1. The van der Waals surface area contributed by atoms with Crippen LogP contribution in [-0.2, 0) is 11.2 Å². The van der Waals surface area contributed by atoms with Crippen molar-refractivity contribution in [2.24, 2.45) is 0 Å². The molecule has 0 radical (unpaired) electrons. The molecule has 0 aliphatic carbocycles. The fraction of sp³-hybridized carbons (Fsp3) is 0.467. The van der Waals surface area contributed by atoms with Crippen LogP contribution in [0.15, 0.2) is 36.9 Å². The third kappa shape index (κ3) is 3.31. The van der Waals surface area contributed by atoms with Crippen molar-refractivity contribution >= 4 is 13.3 Å². The Balaban J connectivity index is 2.02. The van der Waals surface area contributed by atoms with Crippen LogP contribution in [0.25, 0.3) is 0 Å². The van der Waals surface area contributed by atoms with Gasteiger partial charge in [0.2, 0.25) is 0 Å². The minimum Gasteiger partial charge on any atom is -0.390 e. The average molecular weight is 262 g/mol. The van der Waals surface area contributed by atoms with E-state index in [1.54, 1.807) is 0 Å². The minimum absolute atomic E-state index is 0.0660. The summed E-state index contributed by atoms with van der Waals surface area (Å²) in [4.78, 5) is 0. The lowest BCUT2D eigenvalue weighted by Gasteiger charge is -2.21. The SMILES string of the molecule is C=CC[Si](C)(C)c1ccc(C[C@@H](O)[C@H]2CO2)cc1. The molecule has 2 rings (SSSR count). The van der Waals surface area contributed by atoms with Crippen LogP contribution in [0.1, 0.15) is 5.56 Å². The maximum absolute atomic E-state index is 9.83. The van der Waals surface area contributed by atoms with Crippen molar-refractivity contribution in [2.45, 2.75) is 37.8 Å². The Labute approximate surface area is 110 Å². The number of aliphatic hydroxyl groups is 1. The molecule has 1 fully saturated rings. The summed E-state index contributed by atoms with van der Waals surface area (Å²) < 4.78 is 5.10. The minimum atomic E-state index is -1.36. The Bertz CT molecular complexity index is 407. The van der Waals surface area contributed by atoms with Crippen LogP contribution in [0.4, 0.5) is 0 Å². The Hall–Kier alpha value is -0.903. The summed E-state index contributed by atoms with van der Waals surface area (Å²) in [7, 11) is -1.36. The van der Waals surface area contributed by atoms with Crippen molar-refractivity contribution in [1.29, 1.82) is 0 Å². The van der Waals surface area contributed by atoms with Crippen molar-refractivity contribution in [2.75, 3.05) is 6.61 Å². The fourth-order valence-corrected chi connectivity index (χ4v) is 4.25. The van der Waals surface area contributed by atoms with Gasteiger partial charge in [0.25, 0.3) is 0 Å². The summed E-state index contributed by atoms with van der Waals surface area (Å²) in [5.41, 5.74) is 1.19. The number of benzene rings is 1. The number of allylic oxidation sites excluding steroid dienone is 1. The highest BCUT2D eigenvalue weighted by atomic mass is 28.3. The van der Waals surface area contributed by atoms with Gasteiger partial charge in [-0.25, -0.2) is 0 Å². The summed E-state index contributed by atoms with van der Waals surface area (Å²) in [5.74, 6) is 0. The van der Waals surface area contributed by atoms with Crippen LogP contribution in [0, 0.1) is 0 Å². The average Bonchev–Trinajstić information content (AvgIpc) is 3.13. The standard InChI is InChI=1S/C15H22O2Si/c1-4-9-18(2,3)13-7-5-12(6-8-13)10-14(16)15-11-17-15/h4-8,14-16H,1,9-11H2,2-3H3/t14-,15-/m1/s1. The number of hydrogen-bond acceptors (Lipinski definition) is 2. The van der Waals surface area contributed by atoms with Crippen molar-refractivity contribution in [3.63, 3.8) is 0 Å². The first-order valence-corrected chi connectivity index (χ1v) is 9.73. The predicted octanol–water partition coefficient (Wildman–Crippen LogP) is 2.09. The molecule has 1 aliphatic heterocycles. The van der Waals surface area contributed by atoms with Gasteiger partial charge < -0.3 is 9.84 Å². The normalized spacial score (nSPS) is 20.5. The summed E-state index contributed by atoms with van der Waals surface area (Å²) in [6.07, 6.45) is 2.42. The molecule has 0 unspecified atom stereocenters. The molecule has 0 bridgehead atoms. The highest BCUT2D eigenvalue weighted by Gasteiger charge is 2.31. The van der Waals surface area contributed by atoms with Gasteiger partial charge in [-0.05, 0) is 11.6 Å². The van der Waals surface area contributed by atoms with Gasteiger partial charge in [0, 0.05) is 6.42 Å². The zero-order valence-corrected chi connectivity index (χ0v) is 12.2. The van der Waals surface area contributed by atoms with Gasteiger partial charge in [-0.1, -0.05) is 48.6 Å².